The van der Waals surface area contributed by atoms with Crippen molar-refractivity contribution in [3.8, 4) is 0 Å². The Morgan fingerprint density at radius 1 is 1.44 bits per heavy atom. The molecule has 0 saturated carbocycles. The zero-order valence-corrected chi connectivity index (χ0v) is 11.0. The third kappa shape index (κ3) is 2.99. The lowest BCUT2D eigenvalue weighted by Crippen LogP contribution is -2.38. The Bertz CT molecular complexity index is 542. The smallest absolute Gasteiger partial charge is 0.326 e. The molecule has 0 aliphatic rings. The van der Waals surface area contributed by atoms with Crippen LogP contribution in [0, 0.1) is 0 Å². The van der Waals surface area contributed by atoms with Crippen LogP contribution in [-0.4, -0.2) is 32.6 Å². The van der Waals surface area contributed by atoms with E-state index >= 15 is 0 Å². The maximum absolute atomic E-state index is 11.4. The zero-order valence-electron chi connectivity index (χ0n) is 10.2. The number of carbonyl (C=O) groups is 1. The molecule has 0 bridgehead atoms. The predicted molar refractivity (Wildman–Crippen MR) is 67.9 cm³/mol. The summed E-state index contributed by atoms with van der Waals surface area (Å²) >= 11 is 0. The minimum atomic E-state index is -3.88. The van der Waals surface area contributed by atoms with Gasteiger partial charge < -0.3 is 10.0 Å². The van der Waals surface area contributed by atoms with Crippen LogP contribution in [0.4, 0.5) is 5.69 Å². The second kappa shape index (κ2) is 5.36. The molecule has 1 aromatic carbocycles. The number of anilines is 1. The minimum Gasteiger partial charge on any atom is -0.480 e. The topological polar surface area (TPSA) is 101 Å². The third-order valence-electron chi connectivity index (χ3n) is 2.69. The van der Waals surface area contributed by atoms with Crippen molar-refractivity contribution < 1.29 is 18.3 Å². The highest BCUT2D eigenvalue weighted by molar-refractivity contribution is 7.89. The molecule has 0 aliphatic heterocycles. The van der Waals surface area contributed by atoms with E-state index in [1.54, 1.807) is 19.1 Å². The molecule has 0 spiro atoms. The fourth-order valence-electron chi connectivity index (χ4n) is 1.77. The van der Waals surface area contributed by atoms with E-state index in [0.717, 1.165) is 0 Å². The molecule has 1 unspecified atom stereocenters. The standard InChI is InChI=1S/C11H16N2O4S/c1-3-8(11(14)15)13(2)9-6-4-5-7-10(9)18(12,16)17/h4-8H,3H2,1-2H3,(H,14,15)(H2,12,16,17). The summed E-state index contributed by atoms with van der Waals surface area (Å²) in [6.45, 7) is 1.72. The first-order valence-electron chi connectivity index (χ1n) is 5.36. The molecule has 0 amide bonds. The largest absolute Gasteiger partial charge is 0.480 e. The Balaban J connectivity index is 3.29. The average Bonchev–Trinajstić information content (AvgIpc) is 2.28. The first-order valence-corrected chi connectivity index (χ1v) is 6.91. The first-order chi connectivity index (χ1) is 8.29. The van der Waals surface area contributed by atoms with Gasteiger partial charge in [0, 0.05) is 7.05 Å². The molecule has 0 radical (unpaired) electrons. The van der Waals surface area contributed by atoms with Gasteiger partial charge in [0.1, 0.15) is 10.9 Å². The summed E-state index contributed by atoms with van der Waals surface area (Å²) in [6.07, 6.45) is 0.352. The fourth-order valence-corrected chi connectivity index (χ4v) is 2.54. The lowest BCUT2D eigenvalue weighted by molar-refractivity contribution is -0.138. The summed E-state index contributed by atoms with van der Waals surface area (Å²) < 4.78 is 22.9. The van der Waals surface area contributed by atoms with Gasteiger partial charge in [0.05, 0.1) is 5.69 Å². The highest BCUT2D eigenvalue weighted by Gasteiger charge is 2.25. The van der Waals surface area contributed by atoms with Gasteiger partial charge in [-0.15, -0.1) is 0 Å². The van der Waals surface area contributed by atoms with Crippen molar-refractivity contribution in [2.45, 2.75) is 24.3 Å². The number of benzene rings is 1. The number of aliphatic carboxylic acids is 1. The van der Waals surface area contributed by atoms with Crippen molar-refractivity contribution in [1.29, 1.82) is 0 Å². The number of rotatable bonds is 5. The Morgan fingerprint density at radius 2 is 2.00 bits per heavy atom. The Hall–Kier alpha value is -1.60. The Kier molecular flexibility index (Phi) is 4.31. The number of nitrogens with two attached hydrogens (primary N) is 1. The number of primary sulfonamides is 1. The van der Waals surface area contributed by atoms with Crippen LogP contribution >= 0.6 is 0 Å². The molecule has 1 aromatic rings. The molecule has 0 saturated heterocycles. The molecular weight excluding hydrogens is 256 g/mol. The normalized spacial score (nSPS) is 13.1. The molecule has 0 heterocycles. The van der Waals surface area contributed by atoms with Gasteiger partial charge in [-0.05, 0) is 18.6 Å². The number of para-hydroxylation sites is 1. The summed E-state index contributed by atoms with van der Waals surface area (Å²) in [7, 11) is -2.35. The van der Waals surface area contributed by atoms with Gasteiger partial charge in [-0.3, -0.25) is 0 Å². The SMILES string of the molecule is CCC(C(=O)O)N(C)c1ccccc1S(N)(=O)=O. The molecule has 100 valence electrons. The Labute approximate surface area is 106 Å². The first kappa shape index (κ1) is 14.5. The molecule has 6 nitrogen and oxygen atoms in total. The second-order valence-corrected chi connectivity index (χ2v) is 5.42. The number of sulfonamides is 1. The van der Waals surface area contributed by atoms with E-state index in [1.807, 2.05) is 0 Å². The van der Waals surface area contributed by atoms with Crippen LogP contribution in [0.1, 0.15) is 13.3 Å². The maximum Gasteiger partial charge on any atom is 0.326 e. The van der Waals surface area contributed by atoms with E-state index in [-0.39, 0.29) is 10.6 Å². The number of carboxylic acid groups (broad SMARTS) is 1. The average molecular weight is 272 g/mol. The number of hydrogen-bond donors (Lipinski definition) is 2. The lowest BCUT2D eigenvalue weighted by atomic mass is 10.2. The predicted octanol–water partition coefficient (Wildman–Crippen LogP) is 0.633. The highest BCUT2D eigenvalue weighted by atomic mass is 32.2. The van der Waals surface area contributed by atoms with E-state index in [2.05, 4.69) is 0 Å². The van der Waals surface area contributed by atoms with Crippen LogP contribution < -0.4 is 10.0 Å². The van der Waals surface area contributed by atoms with E-state index < -0.39 is 22.0 Å². The van der Waals surface area contributed by atoms with Crippen molar-refractivity contribution in [2.24, 2.45) is 5.14 Å². The van der Waals surface area contributed by atoms with Crippen molar-refractivity contribution in [1.82, 2.24) is 0 Å². The molecule has 0 aliphatic carbocycles. The monoisotopic (exact) mass is 272 g/mol. The van der Waals surface area contributed by atoms with Crippen LogP contribution in [0.3, 0.4) is 0 Å². The zero-order chi connectivity index (χ0) is 13.9. The van der Waals surface area contributed by atoms with E-state index in [0.29, 0.717) is 6.42 Å². The Morgan fingerprint density at radius 3 is 2.44 bits per heavy atom. The number of carboxylic acids is 1. The van der Waals surface area contributed by atoms with E-state index in [4.69, 9.17) is 10.2 Å². The van der Waals surface area contributed by atoms with Crippen LogP contribution in [0.2, 0.25) is 0 Å². The summed E-state index contributed by atoms with van der Waals surface area (Å²) in [5.41, 5.74) is 0.286. The quantitative estimate of drug-likeness (QED) is 0.819. The van der Waals surface area contributed by atoms with Crippen molar-refractivity contribution in [3.05, 3.63) is 24.3 Å². The van der Waals surface area contributed by atoms with Gasteiger partial charge in [-0.25, -0.2) is 18.4 Å². The number of hydrogen-bond acceptors (Lipinski definition) is 4. The van der Waals surface area contributed by atoms with Crippen LogP contribution in [0.25, 0.3) is 0 Å². The molecule has 3 N–H and O–H groups in total. The van der Waals surface area contributed by atoms with Gasteiger partial charge >= 0.3 is 5.97 Å². The van der Waals surface area contributed by atoms with Gasteiger partial charge in [-0.1, -0.05) is 19.1 Å². The number of likely N-dealkylation sites (N-methyl/N-ethyl adjacent to an activating group) is 1. The molecule has 7 heteroatoms. The van der Waals surface area contributed by atoms with Crippen molar-refractivity contribution in [3.63, 3.8) is 0 Å². The molecule has 1 rings (SSSR count). The van der Waals surface area contributed by atoms with Gasteiger partial charge in [-0.2, -0.15) is 0 Å². The number of nitrogens with zero attached hydrogens (tertiary/aromatic N) is 1. The summed E-state index contributed by atoms with van der Waals surface area (Å²) in [6, 6.07) is 5.27. The van der Waals surface area contributed by atoms with Gasteiger partial charge in [0.2, 0.25) is 10.0 Å². The van der Waals surface area contributed by atoms with E-state index in [9.17, 15) is 13.2 Å². The molecule has 0 fully saturated rings. The van der Waals surface area contributed by atoms with Crippen molar-refractivity contribution >= 4 is 21.7 Å². The van der Waals surface area contributed by atoms with Crippen LogP contribution in [0.15, 0.2) is 29.2 Å². The second-order valence-electron chi connectivity index (χ2n) is 3.89. The van der Waals surface area contributed by atoms with Gasteiger partial charge in [0.15, 0.2) is 0 Å². The van der Waals surface area contributed by atoms with Crippen molar-refractivity contribution in [2.75, 3.05) is 11.9 Å². The maximum atomic E-state index is 11.4. The minimum absolute atomic E-state index is 0.0767. The molecule has 1 atom stereocenters. The molecule has 18 heavy (non-hydrogen) atoms. The summed E-state index contributed by atoms with van der Waals surface area (Å²) in [5, 5.41) is 14.2. The van der Waals surface area contributed by atoms with Crippen LogP contribution in [-0.2, 0) is 14.8 Å². The molecule has 0 aromatic heterocycles. The van der Waals surface area contributed by atoms with E-state index in [1.165, 1.54) is 24.1 Å². The highest BCUT2D eigenvalue weighted by Crippen LogP contribution is 2.25. The fraction of sp³-hybridized carbons (Fsp3) is 0.364. The third-order valence-corrected chi connectivity index (χ3v) is 3.65. The summed E-state index contributed by atoms with van der Waals surface area (Å²) in [4.78, 5) is 12.4. The molecular formula is C11H16N2O4S. The van der Waals surface area contributed by atoms with Crippen LogP contribution in [0.5, 0.6) is 0 Å². The van der Waals surface area contributed by atoms with Gasteiger partial charge in [0.25, 0.3) is 0 Å². The lowest BCUT2D eigenvalue weighted by Gasteiger charge is -2.27. The summed E-state index contributed by atoms with van der Waals surface area (Å²) in [5.74, 6) is -1.01.